The number of nitrogens with one attached hydrogen (secondary N) is 1. The maximum absolute atomic E-state index is 12.6. The van der Waals surface area contributed by atoms with Crippen molar-refractivity contribution < 1.29 is 33.3 Å². The molecule has 0 saturated heterocycles. The van der Waals surface area contributed by atoms with Crippen LogP contribution < -0.4 is 19.5 Å². The highest BCUT2D eigenvalue weighted by atomic mass is 16.6. The van der Waals surface area contributed by atoms with Crippen LogP contribution in [0.1, 0.15) is 31.3 Å². The van der Waals surface area contributed by atoms with Gasteiger partial charge in [-0.15, -0.1) is 0 Å². The van der Waals surface area contributed by atoms with Crippen molar-refractivity contribution in [1.29, 1.82) is 0 Å². The van der Waals surface area contributed by atoms with E-state index < -0.39 is 23.9 Å². The first kappa shape index (κ1) is 22.7. The molecule has 1 heterocycles. The molecule has 0 bridgehead atoms. The fraction of sp³-hybridized carbons (Fsp3) is 0.333. The molecule has 0 aliphatic rings. The monoisotopic (exact) mass is 416 g/mol. The molecule has 0 radical (unpaired) electrons. The first-order valence-corrected chi connectivity index (χ1v) is 9.22. The second-order valence-corrected chi connectivity index (χ2v) is 6.35. The maximum Gasteiger partial charge on any atom is 0.328 e. The highest BCUT2D eigenvalue weighted by Crippen LogP contribution is 2.29. The number of aromatic nitrogens is 1. The van der Waals surface area contributed by atoms with Crippen LogP contribution >= 0.6 is 0 Å². The van der Waals surface area contributed by atoms with Crippen LogP contribution in [0.15, 0.2) is 42.6 Å². The van der Waals surface area contributed by atoms with Crippen molar-refractivity contribution >= 4 is 17.8 Å². The molecular formula is C21H24N2O7. The number of amides is 1. The van der Waals surface area contributed by atoms with Crippen LogP contribution in [0.5, 0.6) is 17.2 Å². The first-order chi connectivity index (χ1) is 14.3. The van der Waals surface area contributed by atoms with Gasteiger partial charge in [0.1, 0.15) is 24.5 Å². The maximum atomic E-state index is 12.6. The number of carbonyl (C=O) groups excluding carboxylic acids is 3. The minimum absolute atomic E-state index is 0.00401. The molecule has 0 fully saturated rings. The normalized spacial score (nSPS) is 12.3. The van der Waals surface area contributed by atoms with Crippen LogP contribution in [0.4, 0.5) is 0 Å². The van der Waals surface area contributed by atoms with Gasteiger partial charge in [0.25, 0.3) is 5.91 Å². The fourth-order valence-electron chi connectivity index (χ4n) is 2.41. The van der Waals surface area contributed by atoms with Crippen molar-refractivity contribution in [3.8, 4) is 17.2 Å². The summed E-state index contributed by atoms with van der Waals surface area (Å²) in [4.78, 5) is 40.1. The van der Waals surface area contributed by atoms with Crippen LogP contribution in [0.2, 0.25) is 0 Å². The second kappa shape index (κ2) is 10.8. The third-order valence-electron chi connectivity index (χ3n) is 3.79. The van der Waals surface area contributed by atoms with Crippen molar-refractivity contribution in [1.82, 2.24) is 10.3 Å². The summed E-state index contributed by atoms with van der Waals surface area (Å²) in [7, 11) is 1.36. The topological polar surface area (TPSA) is 113 Å². The Morgan fingerprint density at radius 2 is 1.80 bits per heavy atom. The Hall–Kier alpha value is -3.62. The summed E-state index contributed by atoms with van der Waals surface area (Å²) in [5.74, 6) is -1.32. The first-order valence-electron chi connectivity index (χ1n) is 9.22. The summed E-state index contributed by atoms with van der Waals surface area (Å²) in [6.45, 7) is 4.42. The van der Waals surface area contributed by atoms with Crippen molar-refractivity contribution in [3.05, 3.63) is 48.3 Å². The molecule has 0 aliphatic carbocycles. The Kier molecular flexibility index (Phi) is 8.16. The third kappa shape index (κ3) is 6.47. The highest BCUT2D eigenvalue weighted by Gasteiger charge is 2.25. The van der Waals surface area contributed by atoms with E-state index >= 15 is 0 Å². The van der Waals surface area contributed by atoms with E-state index in [0.29, 0.717) is 5.75 Å². The summed E-state index contributed by atoms with van der Waals surface area (Å²) in [6.07, 6.45) is 0.946. The number of benzene rings is 1. The second-order valence-electron chi connectivity index (χ2n) is 6.35. The van der Waals surface area contributed by atoms with Gasteiger partial charge < -0.3 is 24.3 Å². The average molecular weight is 416 g/mol. The molecule has 0 aliphatic heterocycles. The van der Waals surface area contributed by atoms with E-state index in [1.165, 1.54) is 33.2 Å². The van der Waals surface area contributed by atoms with Gasteiger partial charge in [0.05, 0.1) is 7.11 Å². The Labute approximate surface area is 174 Å². The van der Waals surface area contributed by atoms with E-state index in [1.54, 1.807) is 19.1 Å². The number of pyridine rings is 1. The largest absolute Gasteiger partial charge is 0.493 e. The van der Waals surface area contributed by atoms with Crippen LogP contribution in [0, 0.1) is 0 Å². The van der Waals surface area contributed by atoms with Crippen LogP contribution in [-0.4, -0.2) is 48.7 Å². The van der Waals surface area contributed by atoms with Crippen molar-refractivity contribution in [2.75, 3.05) is 13.7 Å². The molecule has 9 heteroatoms. The Bertz CT molecular complexity index is 886. The van der Waals surface area contributed by atoms with Gasteiger partial charge in [-0.25, -0.2) is 9.78 Å². The van der Waals surface area contributed by atoms with E-state index in [4.69, 9.17) is 18.9 Å². The highest BCUT2D eigenvalue weighted by molar-refractivity contribution is 5.98. The molecule has 30 heavy (non-hydrogen) atoms. The van der Waals surface area contributed by atoms with Gasteiger partial charge in [0, 0.05) is 19.2 Å². The predicted octanol–water partition coefficient (Wildman–Crippen LogP) is 2.14. The number of rotatable bonds is 9. The molecule has 2 atom stereocenters. The smallest absolute Gasteiger partial charge is 0.328 e. The van der Waals surface area contributed by atoms with E-state index in [-0.39, 0.29) is 29.9 Å². The van der Waals surface area contributed by atoms with Gasteiger partial charge in [-0.1, -0.05) is 18.2 Å². The van der Waals surface area contributed by atoms with E-state index in [2.05, 4.69) is 10.3 Å². The number of hydrogen-bond acceptors (Lipinski definition) is 8. The van der Waals surface area contributed by atoms with Gasteiger partial charge in [0.2, 0.25) is 5.75 Å². The number of hydrogen-bond donors (Lipinski definition) is 1. The Balaban J connectivity index is 1.95. The van der Waals surface area contributed by atoms with Gasteiger partial charge >= 0.3 is 11.9 Å². The van der Waals surface area contributed by atoms with Crippen LogP contribution in [-0.2, 0) is 14.3 Å². The van der Waals surface area contributed by atoms with Gasteiger partial charge in [-0.2, -0.15) is 0 Å². The van der Waals surface area contributed by atoms with Gasteiger partial charge in [-0.3, -0.25) is 9.59 Å². The summed E-state index contributed by atoms with van der Waals surface area (Å²) in [6, 6.07) is 9.60. The number of carbonyl (C=O) groups is 3. The molecule has 2 rings (SSSR count). The molecule has 160 valence electrons. The molecular weight excluding hydrogens is 392 g/mol. The summed E-state index contributed by atoms with van der Waals surface area (Å²) >= 11 is 0. The fourth-order valence-corrected chi connectivity index (χ4v) is 2.41. The third-order valence-corrected chi connectivity index (χ3v) is 3.79. The van der Waals surface area contributed by atoms with Crippen LogP contribution in [0.25, 0.3) is 0 Å². The lowest BCUT2D eigenvalue weighted by Crippen LogP contribution is -2.41. The van der Waals surface area contributed by atoms with Gasteiger partial charge in [0.15, 0.2) is 11.4 Å². The van der Waals surface area contributed by atoms with E-state index in [0.717, 1.165) is 0 Å². The zero-order chi connectivity index (χ0) is 22.1. The van der Waals surface area contributed by atoms with E-state index in [1.807, 2.05) is 18.2 Å². The molecule has 9 nitrogen and oxygen atoms in total. The lowest BCUT2D eigenvalue weighted by Gasteiger charge is -2.18. The summed E-state index contributed by atoms with van der Waals surface area (Å²) in [5, 5.41) is 2.47. The Morgan fingerprint density at radius 1 is 1.10 bits per heavy atom. The lowest BCUT2D eigenvalue weighted by molar-refractivity contribution is -0.147. The number of esters is 2. The molecule has 2 aromatic rings. The average Bonchev–Trinajstić information content (AvgIpc) is 2.72. The standard InChI is InChI=1S/C21H24N2O7/c1-13(29-16-8-6-5-7-9-16)12-28-21(26)14(2)23-20(25)18-19(30-15(3)24)17(27-4)10-11-22-18/h5-11,13-14H,12H2,1-4H3,(H,23,25)/t13-,14-/m0/s1. The molecule has 0 unspecified atom stereocenters. The van der Waals surface area contributed by atoms with Crippen LogP contribution in [0.3, 0.4) is 0 Å². The zero-order valence-corrected chi connectivity index (χ0v) is 17.2. The van der Waals surface area contributed by atoms with Crippen molar-refractivity contribution in [2.24, 2.45) is 0 Å². The number of methoxy groups -OCH3 is 1. The minimum atomic E-state index is -0.973. The molecule has 1 amide bonds. The SMILES string of the molecule is COc1ccnc(C(=O)N[C@@H](C)C(=O)OC[C@H](C)Oc2ccccc2)c1OC(C)=O. The molecule has 1 N–H and O–H groups in total. The molecule has 1 aromatic carbocycles. The number of para-hydroxylation sites is 1. The molecule has 0 spiro atoms. The van der Waals surface area contributed by atoms with Crippen molar-refractivity contribution in [3.63, 3.8) is 0 Å². The minimum Gasteiger partial charge on any atom is -0.493 e. The quantitative estimate of drug-likeness (QED) is 0.619. The molecule has 1 aromatic heterocycles. The number of nitrogens with zero attached hydrogens (tertiary/aromatic N) is 1. The zero-order valence-electron chi connectivity index (χ0n) is 17.2. The van der Waals surface area contributed by atoms with Crippen molar-refractivity contribution in [2.45, 2.75) is 32.9 Å². The Morgan fingerprint density at radius 3 is 2.43 bits per heavy atom. The lowest BCUT2D eigenvalue weighted by atomic mass is 10.2. The number of ether oxygens (including phenoxy) is 4. The van der Waals surface area contributed by atoms with E-state index in [9.17, 15) is 14.4 Å². The molecule has 0 saturated carbocycles. The predicted molar refractivity (Wildman–Crippen MR) is 107 cm³/mol. The van der Waals surface area contributed by atoms with Gasteiger partial charge in [-0.05, 0) is 26.0 Å². The summed E-state index contributed by atoms with van der Waals surface area (Å²) in [5.41, 5.74) is -0.190. The summed E-state index contributed by atoms with van der Waals surface area (Å²) < 4.78 is 21.0.